The maximum absolute atomic E-state index is 12.1. The molecule has 1 rings (SSSR count). The molecule has 106 valence electrons. The van der Waals surface area contributed by atoms with Crippen molar-refractivity contribution in [2.24, 2.45) is 10.4 Å². The van der Waals surface area contributed by atoms with Crippen molar-refractivity contribution in [3.05, 3.63) is 22.4 Å². The van der Waals surface area contributed by atoms with Crippen molar-refractivity contribution in [1.29, 1.82) is 0 Å². The van der Waals surface area contributed by atoms with Crippen molar-refractivity contribution < 1.29 is 14.6 Å². The summed E-state index contributed by atoms with van der Waals surface area (Å²) in [7, 11) is 1.42. The highest BCUT2D eigenvalue weighted by atomic mass is 32.1. The van der Waals surface area contributed by atoms with E-state index in [0.717, 1.165) is 6.42 Å². The predicted molar refractivity (Wildman–Crippen MR) is 77.5 cm³/mol. The molecule has 19 heavy (non-hydrogen) atoms. The minimum Gasteiger partial charge on any atom is -0.326 e. The van der Waals surface area contributed by atoms with Gasteiger partial charge in [-0.1, -0.05) is 26.8 Å². The van der Waals surface area contributed by atoms with E-state index in [0.29, 0.717) is 6.42 Å². The van der Waals surface area contributed by atoms with Crippen molar-refractivity contribution in [2.45, 2.75) is 39.7 Å². The summed E-state index contributed by atoms with van der Waals surface area (Å²) >= 11 is 1.67. The molecular weight excluding hydrogens is 262 g/mol. The number of thiophene rings is 1. The fourth-order valence-electron chi connectivity index (χ4n) is 1.51. The topological polar surface area (TPSA) is 47.9 Å². The van der Waals surface area contributed by atoms with Crippen LogP contribution in [0.2, 0.25) is 0 Å². The van der Waals surface area contributed by atoms with Crippen LogP contribution in [-0.2, 0) is 21.0 Å². The molecule has 0 saturated heterocycles. The van der Waals surface area contributed by atoms with E-state index in [1.54, 1.807) is 11.3 Å². The molecule has 0 radical (unpaired) electrons. The molecule has 0 bridgehead atoms. The lowest BCUT2D eigenvalue weighted by Crippen LogP contribution is -2.25. The first kappa shape index (κ1) is 15.9. The van der Waals surface area contributed by atoms with Crippen molar-refractivity contribution >= 4 is 23.5 Å². The maximum atomic E-state index is 12.1. The summed E-state index contributed by atoms with van der Waals surface area (Å²) < 4.78 is 0. The minimum atomic E-state index is -0.342. The highest BCUT2D eigenvalue weighted by molar-refractivity contribution is 7.09. The lowest BCUT2D eigenvalue weighted by molar-refractivity contribution is -0.188. The molecule has 1 atom stereocenters. The van der Waals surface area contributed by atoms with Gasteiger partial charge < -0.3 is 4.89 Å². The Balaban J connectivity index is 2.66. The zero-order valence-electron chi connectivity index (χ0n) is 11.9. The zero-order chi connectivity index (χ0) is 14.3. The molecule has 0 amide bonds. The molecule has 0 fully saturated rings. The number of carbonyl (C=O) groups is 1. The Kier molecular flexibility index (Phi) is 6.18. The number of hydrogen-bond acceptors (Lipinski definition) is 5. The lowest BCUT2D eigenvalue weighted by Gasteiger charge is -2.19. The van der Waals surface area contributed by atoms with Gasteiger partial charge in [-0.3, -0.25) is 9.79 Å². The van der Waals surface area contributed by atoms with Crippen LogP contribution in [0, 0.1) is 5.41 Å². The number of aliphatic imine (C=N–C) groups is 1. The fraction of sp³-hybridized carbons (Fsp3) is 0.571. The molecule has 0 aliphatic heterocycles. The van der Waals surface area contributed by atoms with Crippen LogP contribution in [0.15, 0.2) is 22.5 Å². The third-order valence-corrected chi connectivity index (χ3v) is 3.58. The summed E-state index contributed by atoms with van der Waals surface area (Å²) in [5.41, 5.74) is -0.342. The van der Waals surface area contributed by atoms with Crippen molar-refractivity contribution in [3.8, 4) is 0 Å². The van der Waals surface area contributed by atoms with E-state index >= 15 is 0 Å². The van der Waals surface area contributed by atoms with Gasteiger partial charge in [-0.2, -0.15) is 4.89 Å². The van der Waals surface area contributed by atoms with Crippen LogP contribution in [0.25, 0.3) is 0 Å². The van der Waals surface area contributed by atoms with Crippen LogP contribution in [-0.4, -0.2) is 25.3 Å². The van der Waals surface area contributed by atoms with Gasteiger partial charge in [0, 0.05) is 23.1 Å². The van der Waals surface area contributed by atoms with Gasteiger partial charge in [0.15, 0.2) is 0 Å². The minimum absolute atomic E-state index is 0.111. The second-order valence-electron chi connectivity index (χ2n) is 5.33. The summed E-state index contributed by atoms with van der Waals surface area (Å²) in [6, 6.07) is 3.93. The van der Waals surface area contributed by atoms with Crippen LogP contribution in [0.4, 0.5) is 0 Å². The molecule has 0 aromatic carbocycles. The van der Waals surface area contributed by atoms with Gasteiger partial charge >= 0.3 is 0 Å². The number of rotatable bonds is 7. The monoisotopic (exact) mass is 283 g/mol. The molecule has 0 aliphatic carbocycles. The van der Waals surface area contributed by atoms with Crippen molar-refractivity contribution in [3.63, 3.8) is 0 Å². The summed E-state index contributed by atoms with van der Waals surface area (Å²) in [4.78, 5) is 26.7. The van der Waals surface area contributed by atoms with Crippen molar-refractivity contribution in [1.82, 2.24) is 0 Å². The Bertz CT molecular complexity index is 407. The number of hydrogen-bond donors (Lipinski definition) is 0. The van der Waals surface area contributed by atoms with E-state index in [2.05, 4.69) is 14.8 Å². The smallest absolute Gasteiger partial charge is 0.215 e. The molecular formula is C14H21NO3S. The van der Waals surface area contributed by atoms with Crippen LogP contribution in [0.5, 0.6) is 0 Å². The van der Waals surface area contributed by atoms with Gasteiger partial charge in [0.25, 0.3) is 0 Å². The molecule has 0 N–H and O–H groups in total. The number of nitrogens with zero attached hydrogens (tertiary/aromatic N) is 1. The van der Waals surface area contributed by atoms with Gasteiger partial charge in [-0.05, 0) is 11.4 Å². The quantitative estimate of drug-likeness (QED) is 0.334. The third-order valence-electron chi connectivity index (χ3n) is 2.69. The number of Topliss-reactive ketones (excluding diaryl/α,β-unsaturated/α-hetero) is 1. The average molecular weight is 283 g/mol. The molecule has 5 heteroatoms. The van der Waals surface area contributed by atoms with Crippen molar-refractivity contribution in [2.75, 3.05) is 7.11 Å². The van der Waals surface area contributed by atoms with Crippen LogP contribution in [0.1, 0.15) is 32.1 Å². The van der Waals surface area contributed by atoms with Gasteiger partial charge in [-0.15, -0.1) is 11.3 Å². The summed E-state index contributed by atoms with van der Waals surface area (Å²) in [6.45, 7) is 5.77. The Morgan fingerprint density at radius 3 is 2.79 bits per heavy atom. The molecule has 1 aromatic rings. The second kappa shape index (κ2) is 7.40. The van der Waals surface area contributed by atoms with Crippen LogP contribution in [0.3, 0.4) is 0 Å². The third kappa shape index (κ3) is 5.98. The molecule has 0 aliphatic rings. The van der Waals surface area contributed by atoms with Crippen LogP contribution < -0.4 is 0 Å². The Morgan fingerprint density at radius 1 is 1.53 bits per heavy atom. The van der Waals surface area contributed by atoms with Gasteiger partial charge in [0.1, 0.15) is 5.78 Å². The van der Waals surface area contributed by atoms with E-state index in [-0.39, 0.29) is 17.2 Å². The summed E-state index contributed by atoms with van der Waals surface area (Å²) in [5, 5.41) is 2.02. The maximum Gasteiger partial charge on any atom is 0.215 e. The molecule has 4 nitrogen and oxygen atoms in total. The van der Waals surface area contributed by atoms with Crippen LogP contribution >= 0.6 is 11.3 Å². The summed E-state index contributed by atoms with van der Waals surface area (Å²) in [5.74, 6) is 0.198. The Hall–Kier alpha value is -1.20. The zero-order valence-corrected chi connectivity index (χ0v) is 12.7. The Labute approximate surface area is 118 Å². The standard InChI is InChI=1S/C14H21NO3S/c1-14(2,3)13(16)9-11(15-10-18-17-4)8-12-6-5-7-19-12/h5-7,10-11H,8-9H2,1-4H3/b15-10+/t11-/m0/s1. The molecule has 0 spiro atoms. The Morgan fingerprint density at radius 2 is 2.26 bits per heavy atom. The van der Waals surface area contributed by atoms with E-state index in [1.165, 1.54) is 18.4 Å². The normalized spacial score (nSPS) is 13.7. The second-order valence-corrected chi connectivity index (χ2v) is 6.36. The summed E-state index contributed by atoms with van der Waals surface area (Å²) in [6.07, 6.45) is 2.41. The van der Waals surface area contributed by atoms with E-state index < -0.39 is 0 Å². The average Bonchev–Trinajstić information content (AvgIpc) is 2.80. The molecule has 0 saturated carbocycles. The molecule has 1 aromatic heterocycles. The fourth-order valence-corrected chi connectivity index (χ4v) is 2.29. The first-order chi connectivity index (χ1) is 8.93. The first-order valence-corrected chi connectivity index (χ1v) is 7.08. The highest BCUT2D eigenvalue weighted by Crippen LogP contribution is 2.21. The highest BCUT2D eigenvalue weighted by Gasteiger charge is 2.24. The SMILES string of the molecule is COO/C=N/[C@H](CC(=O)C(C)(C)C)Cc1cccs1. The predicted octanol–water partition coefficient (Wildman–Crippen LogP) is 3.27. The largest absolute Gasteiger partial charge is 0.326 e. The van der Waals surface area contributed by atoms with E-state index in [1.807, 2.05) is 38.3 Å². The van der Waals surface area contributed by atoms with E-state index in [9.17, 15) is 4.79 Å². The van der Waals surface area contributed by atoms with Gasteiger partial charge in [0.2, 0.25) is 6.40 Å². The molecule has 0 unspecified atom stereocenters. The molecule has 1 heterocycles. The van der Waals surface area contributed by atoms with E-state index in [4.69, 9.17) is 0 Å². The number of carbonyl (C=O) groups excluding carboxylic acids is 1. The lowest BCUT2D eigenvalue weighted by atomic mass is 9.86. The first-order valence-electron chi connectivity index (χ1n) is 6.20. The number of ketones is 1. The van der Waals surface area contributed by atoms with Gasteiger partial charge in [-0.25, -0.2) is 0 Å². The van der Waals surface area contributed by atoms with Gasteiger partial charge in [0.05, 0.1) is 13.2 Å².